The fraction of sp³-hybridized carbons (Fsp3) is 0.289. The van der Waals surface area contributed by atoms with Crippen molar-refractivity contribution >= 4 is 21.8 Å². The zero-order valence-electron chi connectivity index (χ0n) is 30.9. The first-order valence-electron chi connectivity index (χ1n) is 17.9. The number of benzene rings is 4. The maximum Gasteiger partial charge on any atom is 0.141 e. The van der Waals surface area contributed by atoms with E-state index >= 15 is 0 Å². The lowest BCUT2D eigenvalue weighted by atomic mass is 9.83. The molecule has 260 valence electrons. The molecule has 0 aliphatic rings. The van der Waals surface area contributed by atoms with Gasteiger partial charge in [-0.25, -0.2) is 9.67 Å². The van der Waals surface area contributed by atoms with Crippen LogP contribution in [0, 0.1) is 10.8 Å². The van der Waals surface area contributed by atoms with Crippen LogP contribution in [-0.2, 0) is 12.8 Å². The Morgan fingerprint density at radius 3 is 2.06 bits per heavy atom. The molecule has 7 rings (SSSR count). The third kappa shape index (κ3) is 7.56. The minimum absolute atomic E-state index is 0.260. The second kappa shape index (κ2) is 13.7. The number of rotatable bonds is 10. The zero-order valence-corrected chi connectivity index (χ0v) is 30.9. The minimum atomic E-state index is 0.260. The first-order valence-corrected chi connectivity index (χ1v) is 17.9. The quantitative estimate of drug-likeness (QED) is 0.145. The van der Waals surface area contributed by atoms with Gasteiger partial charge in [0.1, 0.15) is 23.1 Å². The zero-order chi connectivity index (χ0) is 35.8. The highest BCUT2D eigenvalue weighted by atomic mass is 16.5. The Morgan fingerprint density at radius 1 is 0.647 bits per heavy atom. The van der Waals surface area contributed by atoms with Crippen molar-refractivity contribution in [3.8, 4) is 39.9 Å². The third-order valence-corrected chi connectivity index (χ3v) is 9.54. The number of hydrogen-bond donors (Lipinski definition) is 0. The standard InChI is InChI=1S/C45H48N4O2/c1-44(2,3)23-20-31-12-10-13-32(21-24-45(4,5)6)43(31)33-29-47-48(30-33)34-14-11-15-36(26-34)51-37-18-19-39-38-16-8-9-17-40(38)49(41(39)27-37)42-28-35(50-7)22-25-46-42/h8-19,22,25-30H,20-21,23-24H2,1-7H3. The average molecular weight is 677 g/mol. The van der Waals surface area contributed by atoms with Crippen LogP contribution in [0.2, 0.25) is 0 Å². The first-order chi connectivity index (χ1) is 24.5. The molecule has 3 aromatic heterocycles. The second-order valence-corrected chi connectivity index (χ2v) is 15.9. The maximum atomic E-state index is 6.54. The van der Waals surface area contributed by atoms with E-state index in [-0.39, 0.29) is 10.8 Å². The predicted molar refractivity (Wildman–Crippen MR) is 210 cm³/mol. The molecule has 0 saturated carbocycles. The van der Waals surface area contributed by atoms with Gasteiger partial charge >= 0.3 is 0 Å². The largest absolute Gasteiger partial charge is 0.497 e. The molecule has 0 bridgehead atoms. The minimum Gasteiger partial charge on any atom is -0.497 e. The maximum absolute atomic E-state index is 6.54. The molecule has 0 aliphatic heterocycles. The van der Waals surface area contributed by atoms with Crippen molar-refractivity contribution in [1.29, 1.82) is 0 Å². The molecular formula is C45H48N4O2. The van der Waals surface area contributed by atoms with Crippen molar-refractivity contribution in [3.05, 3.63) is 127 Å². The third-order valence-electron chi connectivity index (χ3n) is 9.54. The van der Waals surface area contributed by atoms with Gasteiger partial charge in [0, 0.05) is 46.9 Å². The van der Waals surface area contributed by atoms with E-state index in [4.69, 9.17) is 19.6 Å². The van der Waals surface area contributed by atoms with E-state index in [1.807, 2.05) is 47.3 Å². The van der Waals surface area contributed by atoms with E-state index in [0.717, 1.165) is 81.8 Å². The molecule has 3 heterocycles. The highest BCUT2D eigenvalue weighted by Crippen LogP contribution is 2.37. The van der Waals surface area contributed by atoms with Crippen molar-refractivity contribution < 1.29 is 9.47 Å². The van der Waals surface area contributed by atoms with Crippen molar-refractivity contribution in [2.75, 3.05) is 7.11 Å². The number of aryl methyl sites for hydroxylation is 2. The summed E-state index contributed by atoms with van der Waals surface area (Å²) in [4.78, 5) is 4.70. The molecule has 7 aromatic rings. The summed E-state index contributed by atoms with van der Waals surface area (Å²) in [5.74, 6) is 3.02. The lowest BCUT2D eigenvalue weighted by Crippen LogP contribution is -2.09. The Balaban J connectivity index is 1.21. The van der Waals surface area contributed by atoms with E-state index in [1.165, 1.54) is 16.7 Å². The van der Waals surface area contributed by atoms with E-state index in [2.05, 4.69) is 113 Å². The van der Waals surface area contributed by atoms with Crippen molar-refractivity contribution in [2.24, 2.45) is 10.8 Å². The molecule has 0 aliphatic carbocycles. The number of hydrogen-bond acceptors (Lipinski definition) is 4. The molecule has 6 nitrogen and oxygen atoms in total. The monoisotopic (exact) mass is 676 g/mol. The first kappa shape index (κ1) is 34.1. The van der Waals surface area contributed by atoms with Crippen LogP contribution in [0.4, 0.5) is 0 Å². The van der Waals surface area contributed by atoms with E-state index in [0.29, 0.717) is 0 Å². The number of ether oxygens (including phenoxy) is 2. The lowest BCUT2D eigenvalue weighted by Gasteiger charge is -2.22. The Hall–Kier alpha value is -5.36. The van der Waals surface area contributed by atoms with Gasteiger partial charge in [-0.3, -0.25) is 4.57 Å². The van der Waals surface area contributed by atoms with Gasteiger partial charge < -0.3 is 9.47 Å². The van der Waals surface area contributed by atoms with Crippen LogP contribution in [0.3, 0.4) is 0 Å². The molecule has 0 N–H and O–H groups in total. The molecule has 0 atom stereocenters. The van der Waals surface area contributed by atoms with Gasteiger partial charge in [-0.05, 0) is 89.6 Å². The molecule has 0 fully saturated rings. The fourth-order valence-corrected chi connectivity index (χ4v) is 6.79. The van der Waals surface area contributed by atoms with Crippen molar-refractivity contribution in [2.45, 2.75) is 67.2 Å². The van der Waals surface area contributed by atoms with Crippen LogP contribution in [0.15, 0.2) is 116 Å². The summed E-state index contributed by atoms with van der Waals surface area (Å²) in [5.41, 5.74) is 8.82. The molecule has 0 radical (unpaired) electrons. The molecule has 4 aromatic carbocycles. The molecule has 0 amide bonds. The highest BCUT2D eigenvalue weighted by molar-refractivity contribution is 6.09. The van der Waals surface area contributed by atoms with Crippen LogP contribution >= 0.6 is 0 Å². The highest BCUT2D eigenvalue weighted by Gasteiger charge is 2.19. The summed E-state index contributed by atoms with van der Waals surface area (Å²) >= 11 is 0. The summed E-state index contributed by atoms with van der Waals surface area (Å²) < 4.78 is 16.2. The van der Waals surface area contributed by atoms with Gasteiger partial charge in [0.25, 0.3) is 0 Å². The Morgan fingerprint density at radius 2 is 1.33 bits per heavy atom. The van der Waals surface area contributed by atoms with Gasteiger partial charge in [0.2, 0.25) is 0 Å². The number of nitrogens with zero attached hydrogens (tertiary/aromatic N) is 4. The van der Waals surface area contributed by atoms with Gasteiger partial charge in [0.15, 0.2) is 0 Å². The Kier molecular flexibility index (Phi) is 9.19. The summed E-state index contributed by atoms with van der Waals surface area (Å²) in [6, 6.07) is 33.4. The number of aromatic nitrogens is 4. The van der Waals surface area contributed by atoms with Gasteiger partial charge in [-0.2, -0.15) is 5.10 Å². The Bertz CT molecular complexity index is 2280. The topological polar surface area (TPSA) is 54.1 Å². The van der Waals surface area contributed by atoms with Crippen LogP contribution in [0.25, 0.3) is 44.4 Å². The summed E-state index contributed by atoms with van der Waals surface area (Å²) in [7, 11) is 1.67. The molecule has 0 unspecified atom stereocenters. The predicted octanol–water partition coefficient (Wildman–Crippen LogP) is 11.8. The molecule has 0 spiro atoms. The lowest BCUT2D eigenvalue weighted by molar-refractivity contribution is 0.376. The SMILES string of the molecule is COc1ccnc(-n2c3ccccc3c3ccc(Oc4cccc(-n5cc(-c6c(CCC(C)(C)C)cccc6CCC(C)(C)C)cn5)c4)cc32)c1. The molecule has 0 saturated heterocycles. The molecular weight excluding hydrogens is 629 g/mol. The summed E-state index contributed by atoms with van der Waals surface area (Å²) in [6.07, 6.45) is 10.3. The molecule has 6 heteroatoms. The van der Waals surface area contributed by atoms with Crippen LogP contribution in [0.1, 0.15) is 65.5 Å². The smallest absolute Gasteiger partial charge is 0.141 e. The summed E-state index contributed by atoms with van der Waals surface area (Å²) in [6.45, 7) is 13.9. The summed E-state index contributed by atoms with van der Waals surface area (Å²) in [5, 5.41) is 7.16. The van der Waals surface area contributed by atoms with Crippen molar-refractivity contribution in [3.63, 3.8) is 0 Å². The van der Waals surface area contributed by atoms with Crippen LogP contribution in [0.5, 0.6) is 17.2 Å². The fourth-order valence-electron chi connectivity index (χ4n) is 6.79. The normalized spacial score (nSPS) is 12.1. The van der Waals surface area contributed by atoms with Gasteiger partial charge in [-0.1, -0.05) is 84.0 Å². The van der Waals surface area contributed by atoms with Gasteiger partial charge in [0.05, 0.1) is 30.0 Å². The second-order valence-electron chi connectivity index (χ2n) is 15.9. The number of para-hydroxylation sites is 1. The molecule has 51 heavy (non-hydrogen) atoms. The number of pyridine rings is 1. The average Bonchev–Trinajstić information content (AvgIpc) is 3.72. The van der Waals surface area contributed by atoms with E-state index < -0.39 is 0 Å². The Labute approximate surface area is 301 Å². The van der Waals surface area contributed by atoms with Gasteiger partial charge in [-0.15, -0.1) is 0 Å². The van der Waals surface area contributed by atoms with E-state index in [9.17, 15) is 0 Å². The number of methoxy groups -OCH3 is 1. The van der Waals surface area contributed by atoms with Crippen LogP contribution < -0.4 is 9.47 Å². The number of fused-ring (bicyclic) bond motifs is 3. The van der Waals surface area contributed by atoms with Crippen LogP contribution in [-0.4, -0.2) is 26.4 Å². The van der Waals surface area contributed by atoms with E-state index in [1.54, 1.807) is 13.3 Å². The van der Waals surface area contributed by atoms with Crippen molar-refractivity contribution in [1.82, 2.24) is 19.3 Å².